The van der Waals surface area contributed by atoms with Crippen molar-refractivity contribution in [3.8, 4) is 5.75 Å². The van der Waals surface area contributed by atoms with Crippen molar-refractivity contribution in [3.05, 3.63) is 58.3 Å². The summed E-state index contributed by atoms with van der Waals surface area (Å²) in [6.07, 6.45) is 2.10. The van der Waals surface area contributed by atoms with E-state index in [9.17, 15) is 9.18 Å². The summed E-state index contributed by atoms with van der Waals surface area (Å²) >= 11 is 4.49. The fraction of sp³-hybridized carbons (Fsp3) is 0.348. The van der Waals surface area contributed by atoms with Crippen molar-refractivity contribution in [1.29, 1.82) is 0 Å². The molecule has 31 heavy (non-hydrogen) atoms. The summed E-state index contributed by atoms with van der Waals surface area (Å²) in [5, 5.41) is 3.29. The number of rotatable bonds is 8. The molecule has 164 valence electrons. The second-order valence-electron chi connectivity index (χ2n) is 7.56. The Bertz CT molecular complexity index is 1010. The predicted molar refractivity (Wildman–Crippen MR) is 130 cm³/mol. The molecule has 1 aliphatic rings. The lowest BCUT2D eigenvalue weighted by molar-refractivity contribution is -0.113. The second kappa shape index (κ2) is 10.4. The smallest absolute Gasteiger partial charge is 0.234 e. The third kappa shape index (κ3) is 6.64. The van der Waals surface area contributed by atoms with Crippen LogP contribution in [0.25, 0.3) is 0 Å². The van der Waals surface area contributed by atoms with Gasteiger partial charge in [0.05, 0.1) is 23.8 Å². The zero-order valence-electron chi connectivity index (χ0n) is 17.7. The van der Waals surface area contributed by atoms with E-state index in [2.05, 4.69) is 33.2 Å². The molecular weight excluding hydrogens is 481 g/mol. The van der Waals surface area contributed by atoms with E-state index in [1.165, 1.54) is 23.9 Å². The standard InChI is InChI=1S/C23H25BrFN3O2S/c1-4-5-12-30-17-9-6-15(7-10-17)21-22(28-23(2,3)27-21)31-14-20(29)26-19-11-8-16(24)13-18(19)25/h6-11,13H,4-5,12,14H2,1-3H3,(H,26,29). The Morgan fingerprint density at radius 2 is 1.94 bits per heavy atom. The molecule has 2 aromatic rings. The van der Waals surface area contributed by atoms with Crippen LogP contribution in [0.15, 0.2) is 56.9 Å². The van der Waals surface area contributed by atoms with Gasteiger partial charge in [0.25, 0.3) is 0 Å². The molecule has 0 saturated carbocycles. The second-order valence-corrected chi connectivity index (χ2v) is 9.44. The van der Waals surface area contributed by atoms with Crippen molar-refractivity contribution in [1.82, 2.24) is 0 Å². The quantitative estimate of drug-likeness (QED) is 0.442. The number of carbonyl (C=O) groups excluding carboxylic acids is 1. The lowest BCUT2D eigenvalue weighted by Gasteiger charge is -2.09. The Morgan fingerprint density at radius 3 is 2.61 bits per heavy atom. The largest absolute Gasteiger partial charge is 0.494 e. The van der Waals surface area contributed by atoms with Gasteiger partial charge in [-0.1, -0.05) is 41.0 Å². The Balaban J connectivity index is 1.64. The zero-order valence-corrected chi connectivity index (χ0v) is 20.1. The van der Waals surface area contributed by atoms with Crippen LogP contribution in [0.4, 0.5) is 10.1 Å². The van der Waals surface area contributed by atoms with Crippen LogP contribution in [0.5, 0.6) is 5.75 Å². The van der Waals surface area contributed by atoms with Crippen molar-refractivity contribution in [2.75, 3.05) is 17.7 Å². The van der Waals surface area contributed by atoms with Crippen molar-refractivity contribution < 1.29 is 13.9 Å². The lowest BCUT2D eigenvalue weighted by atomic mass is 10.1. The minimum absolute atomic E-state index is 0.0989. The zero-order chi connectivity index (χ0) is 22.4. The van der Waals surface area contributed by atoms with Crippen molar-refractivity contribution in [3.63, 3.8) is 0 Å². The van der Waals surface area contributed by atoms with Gasteiger partial charge in [0, 0.05) is 10.0 Å². The Labute approximate surface area is 194 Å². The van der Waals surface area contributed by atoms with Gasteiger partial charge in [-0.15, -0.1) is 0 Å². The first-order valence-corrected chi connectivity index (χ1v) is 11.9. The summed E-state index contributed by atoms with van der Waals surface area (Å²) in [5.74, 6) is 0.118. The number of nitrogens with zero attached hydrogens (tertiary/aromatic N) is 2. The van der Waals surface area contributed by atoms with Gasteiger partial charge >= 0.3 is 0 Å². The highest BCUT2D eigenvalue weighted by atomic mass is 79.9. The van der Waals surface area contributed by atoms with Crippen molar-refractivity contribution in [2.45, 2.75) is 39.3 Å². The SMILES string of the molecule is CCCCOc1ccc(C2=NC(C)(C)N=C2SCC(=O)Nc2ccc(Br)cc2F)cc1. The molecule has 5 nitrogen and oxygen atoms in total. The third-order valence-corrected chi connectivity index (χ3v) is 5.86. The number of anilines is 1. The van der Waals surface area contributed by atoms with E-state index in [1.54, 1.807) is 6.07 Å². The summed E-state index contributed by atoms with van der Waals surface area (Å²) in [6.45, 7) is 6.65. The molecule has 1 heterocycles. The summed E-state index contributed by atoms with van der Waals surface area (Å²) in [6, 6.07) is 12.3. The van der Waals surface area contributed by atoms with E-state index in [-0.39, 0.29) is 17.3 Å². The van der Waals surface area contributed by atoms with Gasteiger partial charge in [-0.25, -0.2) is 9.38 Å². The first kappa shape index (κ1) is 23.5. The number of unbranched alkanes of at least 4 members (excludes halogenated alkanes) is 1. The van der Waals surface area contributed by atoms with Gasteiger partial charge in [0.1, 0.15) is 22.3 Å². The molecule has 0 spiro atoms. The highest BCUT2D eigenvalue weighted by Gasteiger charge is 2.28. The number of thioether (sulfide) groups is 1. The van der Waals surface area contributed by atoms with Crippen LogP contribution in [0.1, 0.15) is 39.2 Å². The summed E-state index contributed by atoms with van der Waals surface area (Å²) < 4.78 is 20.3. The number of carbonyl (C=O) groups is 1. The number of hydrogen-bond donors (Lipinski definition) is 1. The number of amides is 1. The molecule has 0 fully saturated rings. The van der Waals surface area contributed by atoms with E-state index in [1.807, 2.05) is 38.1 Å². The number of benzene rings is 2. The van der Waals surface area contributed by atoms with Crippen molar-refractivity contribution >= 4 is 50.0 Å². The first-order valence-electron chi connectivity index (χ1n) is 10.1. The summed E-state index contributed by atoms with van der Waals surface area (Å²) in [5.41, 5.74) is 1.22. The molecule has 8 heteroatoms. The average molecular weight is 506 g/mol. The fourth-order valence-corrected chi connectivity index (χ4v) is 4.15. The molecule has 1 N–H and O–H groups in total. The molecule has 1 amide bonds. The van der Waals surface area contributed by atoms with Crippen LogP contribution in [-0.2, 0) is 4.79 Å². The third-order valence-electron chi connectivity index (χ3n) is 4.40. The Kier molecular flexibility index (Phi) is 7.89. The van der Waals surface area contributed by atoms with Crippen LogP contribution in [0.3, 0.4) is 0 Å². The van der Waals surface area contributed by atoms with Gasteiger partial charge in [0.2, 0.25) is 5.91 Å². The highest BCUT2D eigenvalue weighted by molar-refractivity contribution is 9.10. The van der Waals surface area contributed by atoms with Gasteiger partial charge in [-0.2, -0.15) is 0 Å². The highest BCUT2D eigenvalue weighted by Crippen LogP contribution is 2.28. The first-order chi connectivity index (χ1) is 14.8. The molecular formula is C23H25BrFN3O2S. The van der Waals surface area contributed by atoms with E-state index in [0.717, 1.165) is 29.9 Å². The number of aliphatic imine (C=N–C) groups is 2. The Hall–Kier alpha value is -2.19. The van der Waals surface area contributed by atoms with Crippen LogP contribution < -0.4 is 10.1 Å². The fourth-order valence-electron chi connectivity index (χ4n) is 2.89. The minimum atomic E-state index is -0.595. The van der Waals surface area contributed by atoms with E-state index in [0.29, 0.717) is 16.1 Å². The maximum atomic E-state index is 14.0. The maximum absolute atomic E-state index is 14.0. The monoisotopic (exact) mass is 505 g/mol. The maximum Gasteiger partial charge on any atom is 0.234 e. The van der Waals surface area contributed by atoms with Crippen LogP contribution >= 0.6 is 27.7 Å². The number of nitrogens with one attached hydrogen (secondary N) is 1. The van der Waals surface area contributed by atoms with E-state index >= 15 is 0 Å². The molecule has 0 saturated heterocycles. The van der Waals surface area contributed by atoms with Crippen LogP contribution in [0.2, 0.25) is 0 Å². The van der Waals surface area contributed by atoms with Gasteiger partial charge in [-0.3, -0.25) is 9.79 Å². The van der Waals surface area contributed by atoms with E-state index < -0.39 is 11.5 Å². The van der Waals surface area contributed by atoms with Crippen LogP contribution in [0, 0.1) is 5.82 Å². The lowest BCUT2D eigenvalue weighted by Crippen LogP contribution is -2.18. The molecule has 0 aliphatic carbocycles. The van der Waals surface area contributed by atoms with Gasteiger partial charge < -0.3 is 10.1 Å². The molecule has 0 bridgehead atoms. The number of ether oxygens (including phenoxy) is 1. The van der Waals surface area contributed by atoms with Gasteiger partial charge in [0.15, 0.2) is 0 Å². The molecule has 2 aromatic carbocycles. The molecule has 0 unspecified atom stereocenters. The molecule has 0 aromatic heterocycles. The minimum Gasteiger partial charge on any atom is -0.494 e. The summed E-state index contributed by atoms with van der Waals surface area (Å²) in [4.78, 5) is 21.7. The molecule has 0 atom stereocenters. The molecule has 1 aliphatic heterocycles. The number of hydrogen-bond acceptors (Lipinski definition) is 5. The molecule has 3 rings (SSSR count). The molecule has 0 radical (unpaired) electrons. The van der Waals surface area contributed by atoms with Crippen molar-refractivity contribution in [2.24, 2.45) is 9.98 Å². The average Bonchev–Trinajstić information content (AvgIpc) is 3.04. The topological polar surface area (TPSA) is 63.1 Å². The number of halogens is 2. The predicted octanol–water partition coefficient (Wildman–Crippen LogP) is 6.08. The Morgan fingerprint density at radius 1 is 1.19 bits per heavy atom. The van der Waals surface area contributed by atoms with E-state index in [4.69, 9.17) is 9.73 Å². The summed E-state index contributed by atoms with van der Waals surface area (Å²) in [7, 11) is 0. The normalized spacial score (nSPS) is 14.7. The van der Waals surface area contributed by atoms with Crippen LogP contribution in [-0.4, -0.2) is 34.7 Å². The van der Waals surface area contributed by atoms with Gasteiger partial charge in [-0.05, 0) is 62.7 Å².